The summed E-state index contributed by atoms with van der Waals surface area (Å²) in [7, 11) is 0. The van der Waals surface area contributed by atoms with Crippen LogP contribution in [0.2, 0.25) is 0 Å². The fourth-order valence-corrected chi connectivity index (χ4v) is 5.74. The van der Waals surface area contributed by atoms with Gasteiger partial charge in [-0.3, -0.25) is 0 Å². The van der Waals surface area contributed by atoms with E-state index in [0.29, 0.717) is 17.8 Å². The summed E-state index contributed by atoms with van der Waals surface area (Å²) in [5.41, 5.74) is 1.80. The molecular weight excluding hydrogens is 304 g/mol. The van der Waals surface area contributed by atoms with Crippen molar-refractivity contribution in [3.8, 4) is 0 Å². The maximum absolute atomic E-state index is 11.8. The Morgan fingerprint density at radius 3 is 2.71 bits per heavy atom. The first-order valence-electron chi connectivity index (χ1n) is 9.11. The van der Waals surface area contributed by atoms with Gasteiger partial charge in [-0.2, -0.15) is 0 Å². The summed E-state index contributed by atoms with van der Waals surface area (Å²) < 4.78 is 4.72. The van der Waals surface area contributed by atoms with E-state index in [1.807, 2.05) is 0 Å². The van der Waals surface area contributed by atoms with Crippen LogP contribution >= 0.6 is 0 Å². The third-order valence-corrected chi connectivity index (χ3v) is 6.92. The maximum Gasteiger partial charge on any atom is 0.339 e. The van der Waals surface area contributed by atoms with E-state index in [9.17, 15) is 15.0 Å². The number of allylic oxidation sites excluding steroid dienone is 1. The van der Waals surface area contributed by atoms with Crippen molar-refractivity contribution in [3.05, 3.63) is 23.8 Å². The summed E-state index contributed by atoms with van der Waals surface area (Å²) in [6.07, 6.45) is 5.42. The fourth-order valence-electron chi connectivity index (χ4n) is 5.74. The minimum absolute atomic E-state index is 0.111. The lowest BCUT2D eigenvalue weighted by atomic mass is 9.47. The number of ether oxygens (including phenoxy) is 1. The van der Waals surface area contributed by atoms with E-state index in [-0.39, 0.29) is 16.9 Å². The van der Waals surface area contributed by atoms with Crippen LogP contribution in [0.3, 0.4) is 0 Å². The summed E-state index contributed by atoms with van der Waals surface area (Å²) in [4.78, 5) is 11.8. The highest BCUT2D eigenvalue weighted by molar-refractivity contribution is 5.91. The Bertz CT molecular complexity index is 576. The van der Waals surface area contributed by atoms with Crippen molar-refractivity contribution in [2.24, 2.45) is 22.7 Å². The average Bonchev–Trinajstić information content (AvgIpc) is 2.80. The maximum atomic E-state index is 11.8. The van der Waals surface area contributed by atoms with Gasteiger partial charge < -0.3 is 14.9 Å². The quantitative estimate of drug-likeness (QED) is 0.614. The smallest absolute Gasteiger partial charge is 0.339 e. The highest BCUT2D eigenvalue weighted by Gasteiger charge is 2.53. The minimum atomic E-state index is -1.23. The normalized spacial score (nSPS) is 39.9. The monoisotopic (exact) mass is 334 g/mol. The first kappa shape index (κ1) is 17.7. The molecule has 2 fully saturated rings. The number of esters is 1. The zero-order valence-electron chi connectivity index (χ0n) is 15.0. The second-order valence-electron chi connectivity index (χ2n) is 8.82. The molecule has 0 radical (unpaired) electrons. The Kier molecular flexibility index (Phi) is 4.42. The highest BCUT2D eigenvalue weighted by atomic mass is 16.6. The van der Waals surface area contributed by atoms with Gasteiger partial charge in [-0.05, 0) is 60.8 Å². The molecule has 2 N–H and O–H groups in total. The van der Waals surface area contributed by atoms with Crippen molar-refractivity contribution in [2.75, 3.05) is 0 Å². The summed E-state index contributed by atoms with van der Waals surface area (Å²) in [6.45, 7) is 11.4. The van der Waals surface area contributed by atoms with Crippen LogP contribution in [0, 0.1) is 22.7 Å². The average molecular weight is 334 g/mol. The first-order chi connectivity index (χ1) is 11.1. The minimum Gasteiger partial charge on any atom is -0.429 e. The largest absolute Gasteiger partial charge is 0.429 e. The molecule has 4 nitrogen and oxygen atoms in total. The van der Waals surface area contributed by atoms with E-state index in [0.717, 1.165) is 12.8 Å². The van der Waals surface area contributed by atoms with Gasteiger partial charge in [0.15, 0.2) is 0 Å². The second-order valence-corrected chi connectivity index (χ2v) is 8.82. The Morgan fingerprint density at radius 2 is 2.08 bits per heavy atom. The molecule has 1 aliphatic heterocycles. The Balaban J connectivity index is 1.84. The number of cyclic esters (lactones) is 1. The van der Waals surface area contributed by atoms with Gasteiger partial charge in [-0.15, -0.1) is 0 Å². The van der Waals surface area contributed by atoms with Crippen molar-refractivity contribution in [1.82, 2.24) is 0 Å². The Labute approximate surface area is 144 Å². The first-order valence-corrected chi connectivity index (χ1v) is 9.11. The Morgan fingerprint density at radius 1 is 1.38 bits per heavy atom. The second kappa shape index (κ2) is 5.99. The van der Waals surface area contributed by atoms with Crippen LogP contribution < -0.4 is 0 Å². The molecule has 5 atom stereocenters. The topological polar surface area (TPSA) is 66.8 Å². The highest BCUT2D eigenvalue weighted by Crippen LogP contribution is 2.61. The summed E-state index contributed by atoms with van der Waals surface area (Å²) in [5.74, 6) is 0.191. The predicted molar refractivity (Wildman–Crippen MR) is 91.9 cm³/mol. The van der Waals surface area contributed by atoms with Gasteiger partial charge in [0.2, 0.25) is 6.29 Å². The van der Waals surface area contributed by atoms with Crippen molar-refractivity contribution >= 4 is 5.97 Å². The molecule has 0 aromatic heterocycles. The molecule has 1 heterocycles. The number of hydrogen-bond acceptors (Lipinski definition) is 4. The number of carbonyl (C=O) groups is 1. The van der Waals surface area contributed by atoms with E-state index < -0.39 is 18.4 Å². The predicted octanol–water partition coefficient (Wildman–Crippen LogP) is 3.34. The van der Waals surface area contributed by atoms with Crippen LogP contribution in [-0.4, -0.2) is 28.6 Å². The van der Waals surface area contributed by atoms with Crippen LogP contribution in [0.1, 0.15) is 59.3 Å². The number of aliphatic hydroxyl groups is 2. The number of carbonyl (C=O) groups excluding carboxylic acids is 1. The molecule has 0 bridgehead atoms. The molecule has 2 aliphatic carbocycles. The Hall–Kier alpha value is -1.13. The van der Waals surface area contributed by atoms with Gasteiger partial charge in [0.05, 0.1) is 11.7 Å². The number of hydrogen-bond donors (Lipinski definition) is 2. The van der Waals surface area contributed by atoms with Crippen molar-refractivity contribution in [1.29, 1.82) is 0 Å². The molecule has 0 amide bonds. The molecule has 0 aromatic carbocycles. The zero-order chi connectivity index (χ0) is 17.7. The molecule has 2 saturated carbocycles. The lowest BCUT2D eigenvalue weighted by Gasteiger charge is -2.58. The zero-order valence-corrected chi connectivity index (χ0v) is 15.0. The molecule has 4 heteroatoms. The lowest BCUT2D eigenvalue weighted by molar-refractivity contribution is -0.152. The van der Waals surface area contributed by atoms with Crippen LogP contribution in [0.25, 0.3) is 0 Å². The van der Waals surface area contributed by atoms with Crippen LogP contribution in [-0.2, 0) is 9.53 Å². The molecule has 0 aromatic rings. The number of fused-ring (bicyclic) bond motifs is 1. The van der Waals surface area contributed by atoms with Crippen molar-refractivity contribution in [2.45, 2.75) is 71.7 Å². The van der Waals surface area contributed by atoms with E-state index >= 15 is 0 Å². The van der Waals surface area contributed by atoms with Gasteiger partial charge in [0.25, 0.3) is 0 Å². The molecule has 24 heavy (non-hydrogen) atoms. The van der Waals surface area contributed by atoms with Gasteiger partial charge in [0, 0.05) is 0 Å². The number of aliphatic hydroxyl groups excluding tert-OH is 2. The standard InChI is InChI=1S/C20H30O4/c1-12-6-7-16-19(2,3)8-5-9-20(16,4)14(12)11-15(21)13-10-17(22)24-18(13)23/h10,14-17,21-22H,1,5-9,11H2,2-4H3/t14-,15-,16?,17?,20+/m0/s1. The molecule has 3 rings (SSSR count). The number of rotatable bonds is 3. The van der Waals surface area contributed by atoms with Crippen LogP contribution in [0.5, 0.6) is 0 Å². The third-order valence-electron chi connectivity index (χ3n) is 6.92. The van der Waals surface area contributed by atoms with Crippen LogP contribution in [0.4, 0.5) is 0 Å². The van der Waals surface area contributed by atoms with E-state index in [1.54, 1.807) is 0 Å². The molecule has 0 spiro atoms. The fraction of sp³-hybridized carbons (Fsp3) is 0.750. The summed E-state index contributed by atoms with van der Waals surface area (Å²) >= 11 is 0. The summed E-state index contributed by atoms with van der Waals surface area (Å²) in [6, 6.07) is 0. The molecular formula is C20H30O4. The molecule has 3 aliphatic rings. The summed E-state index contributed by atoms with van der Waals surface area (Å²) in [5, 5.41) is 20.1. The van der Waals surface area contributed by atoms with Gasteiger partial charge in [-0.25, -0.2) is 4.79 Å². The van der Waals surface area contributed by atoms with Gasteiger partial charge in [-0.1, -0.05) is 39.3 Å². The van der Waals surface area contributed by atoms with Crippen molar-refractivity contribution in [3.63, 3.8) is 0 Å². The van der Waals surface area contributed by atoms with Gasteiger partial charge >= 0.3 is 5.97 Å². The third kappa shape index (κ3) is 2.84. The van der Waals surface area contributed by atoms with Crippen LogP contribution in [0.15, 0.2) is 23.8 Å². The van der Waals surface area contributed by atoms with E-state index in [1.165, 1.54) is 30.9 Å². The molecule has 2 unspecified atom stereocenters. The SMILES string of the molecule is C=C1CCC2C(C)(C)CCC[C@]2(C)[C@H]1C[C@H](O)C1=CC(O)OC1=O. The van der Waals surface area contributed by atoms with E-state index in [2.05, 4.69) is 27.4 Å². The van der Waals surface area contributed by atoms with Crippen molar-refractivity contribution < 1.29 is 19.7 Å². The molecule has 0 saturated heterocycles. The lowest BCUT2D eigenvalue weighted by Crippen LogP contribution is -2.50. The van der Waals surface area contributed by atoms with Gasteiger partial charge in [0.1, 0.15) is 0 Å². The van der Waals surface area contributed by atoms with E-state index in [4.69, 9.17) is 4.74 Å². The molecule has 134 valence electrons.